The van der Waals surface area contributed by atoms with Gasteiger partial charge in [-0.1, -0.05) is 0 Å². The van der Waals surface area contributed by atoms with Gasteiger partial charge in [0, 0.05) is 0 Å². The first-order valence-electron chi connectivity index (χ1n) is 5.63. The van der Waals surface area contributed by atoms with Crippen molar-refractivity contribution in [3.63, 3.8) is 0 Å². The van der Waals surface area contributed by atoms with Crippen LogP contribution >= 0.6 is 0 Å². The van der Waals surface area contributed by atoms with Crippen LogP contribution in [0.5, 0.6) is 0 Å². The van der Waals surface area contributed by atoms with E-state index in [1.165, 1.54) is 0 Å². The van der Waals surface area contributed by atoms with Crippen molar-refractivity contribution in [2.24, 2.45) is 10.8 Å². The average molecular weight is 228 g/mol. The second-order valence-electron chi connectivity index (χ2n) is 5.02. The number of Topliss-reactive ketones (excluding diaryl/α,β-unsaturated/α-hetero) is 1. The molecule has 2 heterocycles. The van der Waals surface area contributed by atoms with Crippen molar-refractivity contribution < 1.29 is 23.7 Å². The molecular weight excluding hydrogens is 212 g/mol. The van der Waals surface area contributed by atoms with Gasteiger partial charge in [0.1, 0.15) is 13.6 Å². The highest BCUT2D eigenvalue weighted by atomic mass is 16.7. The van der Waals surface area contributed by atoms with Crippen molar-refractivity contribution in [2.45, 2.75) is 12.8 Å². The number of ether oxygens (including phenoxy) is 4. The van der Waals surface area contributed by atoms with Gasteiger partial charge >= 0.3 is 0 Å². The van der Waals surface area contributed by atoms with E-state index >= 15 is 0 Å². The molecule has 5 heteroatoms. The van der Waals surface area contributed by atoms with Crippen molar-refractivity contribution in [3.8, 4) is 0 Å². The minimum atomic E-state index is -0.442. The van der Waals surface area contributed by atoms with E-state index in [4.69, 9.17) is 18.9 Å². The maximum atomic E-state index is 12.5. The molecule has 2 aliphatic heterocycles. The van der Waals surface area contributed by atoms with Crippen LogP contribution in [0.1, 0.15) is 12.8 Å². The van der Waals surface area contributed by atoms with E-state index in [0.717, 1.165) is 12.8 Å². The zero-order valence-corrected chi connectivity index (χ0v) is 9.20. The molecule has 3 aliphatic rings. The smallest absolute Gasteiger partial charge is 0.154 e. The van der Waals surface area contributed by atoms with Gasteiger partial charge in [0.05, 0.1) is 37.3 Å². The van der Waals surface area contributed by atoms with Gasteiger partial charge in [0.15, 0.2) is 5.78 Å². The van der Waals surface area contributed by atoms with Gasteiger partial charge in [-0.15, -0.1) is 0 Å². The highest BCUT2D eigenvalue weighted by Crippen LogP contribution is 2.48. The first kappa shape index (κ1) is 10.7. The summed E-state index contributed by atoms with van der Waals surface area (Å²) < 4.78 is 21.1. The van der Waals surface area contributed by atoms with Crippen LogP contribution in [0.2, 0.25) is 0 Å². The van der Waals surface area contributed by atoms with Crippen LogP contribution in [-0.4, -0.2) is 45.8 Å². The topological polar surface area (TPSA) is 54.0 Å². The second-order valence-corrected chi connectivity index (χ2v) is 5.02. The lowest BCUT2D eigenvalue weighted by Crippen LogP contribution is -2.49. The maximum Gasteiger partial charge on any atom is 0.154 e. The summed E-state index contributed by atoms with van der Waals surface area (Å²) in [5, 5.41) is 0. The summed E-state index contributed by atoms with van der Waals surface area (Å²) in [4.78, 5) is 12.5. The van der Waals surface area contributed by atoms with E-state index in [2.05, 4.69) is 0 Å². The number of ketones is 1. The molecule has 0 amide bonds. The van der Waals surface area contributed by atoms with Crippen LogP contribution in [0, 0.1) is 10.8 Å². The van der Waals surface area contributed by atoms with Crippen LogP contribution in [-0.2, 0) is 23.7 Å². The molecule has 2 saturated heterocycles. The Morgan fingerprint density at radius 2 is 1.12 bits per heavy atom. The Labute approximate surface area is 94.0 Å². The number of carbonyl (C=O) groups is 1. The lowest BCUT2D eigenvalue weighted by Gasteiger charge is -2.36. The average Bonchev–Trinajstić information content (AvgIpc) is 2.59. The standard InChI is InChI=1S/C11H16O5/c12-9-10(3-13-7-14-4-10)1-2-11(9)5-15-8-16-6-11/h1-8H2. The largest absolute Gasteiger partial charge is 0.354 e. The number of hydrogen-bond donors (Lipinski definition) is 0. The number of carbonyl (C=O) groups excluding carboxylic acids is 1. The molecule has 16 heavy (non-hydrogen) atoms. The summed E-state index contributed by atoms with van der Waals surface area (Å²) in [6.07, 6.45) is 1.64. The Kier molecular flexibility index (Phi) is 2.51. The Morgan fingerprint density at radius 3 is 1.50 bits per heavy atom. The monoisotopic (exact) mass is 228 g/mol. The Hall–Kier alpha value is -0.490. The number of hydrogen-bond acceptors (Lipinski definition) is 5. The molecule has 3 fully saturated rings. The molecule has 0 aromatic carbocycles. The highest BCUT2D eigenvalue weighted by Gasteiger charge is 2.58. The molecule has 0 atom stereocenters. The number of rotatable bonds is 0. The van der Waals surface area contributed by atoms with Gasteiger partial charge in [0.2, 0.25) is 0 Å². The molecular formula is C11H16O5. The van der Waals surface area contributed by atoms with E-state index in [1.807, 2.05) is 0 Å². The molecule has 0 radical (unpaired) electrons. The fraction of sp³-hybridized carbons (Fsp3) is 0.909. The van der Waals surface area contributed by atoms with Crippen LogP contribution in [0.3, 0.4) is 0 Å². The fourth-order valence-electron chi connectivity index (χ4n) is 2.97. The van der Waals surface area contributed by atoms with Crippen molar-refractivity contribution in [1.82, 2.24) is 0 Å². The van der Waals surface area contributed by atoms with Crippen molar-refractivity contribution in [1.29, 1.82) is 0 Å². The van der Waals surface area contributed by atoms with E-state index in [-0.39, 0.29) is 5.78 Å². The zero-order valence-electron chi connectivity index (χ0n) is 9.20. The predicted octanol–water partition coefficient (Wildman–Crippen LogP) is 0.331. The van der Waals surface area contributed by atoms with Crippen molar-refractivity contribution >= 4 is 5.78 Å². The van der Waals surface area contributed by atoms with E-state index < -0.39 is 10.8 Å². The summed E-state index contributed by atoms with van der Waals surface area (Å²) in [6, 6.07) is 0. The molecule has 1 saturated carbocycles. The van der Waals surface area contributed by atoms with Crippen LogP contribution in [0.25, 0.3) is 0 Å². The Morgan fingerprint density at radius 1 is 0.750 bits per heavy atom. The summed E-state index contributed by atoms with van der Waals surface area (Å²) in [5.41, 5.74) is -0.884. The molecule has 1 aliphatic carbocycles. The fourth-order valence-corrected chi connectivity index (χ4v) is 2.97. The lowest BCUT2D eigenvalue weighted by atomic mass is 9.79. The van der Waals surface area contributed by atoms with Crippen LogP contribution in [0.15, 0.2) is 0 Å². The molecule has 0 aromatic heterocycles. The van der Waals surface area contributed by atoms with E-state index in [0.29, 0.717) is 40.0 Å². The Balaban J connectivity index is 1.82. The van der Waals surface area contributed by atoms with Crippen molar-refractivity contribution in [3.05, 3.63) is 0 Å². The lowest BCUT2D eigenvalue weighted by molar-refractivity contribution is -0.190. The summed E-state index contributed by atoms with van der Waals surface area (Å²) >= 11 is 0. The Bertz CT molecular complexity index is 261. The molecule has 90 valence electrons. The van der Waals surface area contributed by atoms with Crippen molar-refractivity contribution in [2.75, 3.05) is 40.0 Å². The third-order valence-electron chi connectivity index (χ3n) is 3.89. The van der Waals surface area contributed by atoms with Gasteiger partial charge < -0.3 is 18.9 Å². The molecule has 0 bridgehead atoms. The summed E-state index contributed by atoms with van der Waals surface area (Å²) in [5.74, 6) is 0.208. The first-order valence-corrected chi connectivity index (χ1v) is 5.63. The van der Waals surface area contributed by atoms with Gasteiger partial charge in [-0.05, 0) is 12.8 Å². The quantitative estimate of drug-likeness (QED) is 0.598. The minimum absolute atomic E-state index is 0.208. The van der Waals surface area contributed by atoms with Gasteiger partial charge in [-0.3, -0.25) is 4.79 Å². The minimum Gasteiger partial charge on any atom is -0.354 e. The normalized spacial score (nSPS) is 32.4. The third-order valence-corrected chi connectivity index (χ3v) is 3.89. The third kappa shape index (κ3) is 1.43. The first-order chi connectivity index (χ1) is 7.78. The second kappa shape index (κ2) is 3.77. The SMILES string of the molecule is O=C1C2(CCC13COCOC3)COCOC2. The van der Waals surface area contributed by atoms with Gasteiger partial charge in [0.25, 0.3) is 0 Å². The summed E-state index contributed by atoms with van der Waals surface area (Å²) in [7, 11) is 0. The predicted molar refractivity (Wildman–Crippen MR) is 52.6 cm³/mol. The highest BCUT2D eigenvalue weighted by molar-refractivity contribution is 5.93. The molecule has 0 N–H and O–H groups in total. The molecule has 3 rings (SSSR count). The van der Waals surface area contributed by atoms with E-state index in [9.17, 15) is 4.79 Å². The van der Waals surface area contributed by atoms with Crippen LogP contribution in [0.4, 0.5) is 0 Å². The molecule has 2 spiro atoms. The van der Waals surface area contributed by atoms with Gasteiger partial charge in [-0.25, -0.2) is 0 Å². The molecule has 0 unspecified atom stereocenters. The maximum absolute atomic E-state index is 12.5. The summed E-state index contributed by atoms with van der Waals surface area (Å²) in [6.45, 7) is 2.52. The molecule has 5 nitrogen and oxygen atoms in total. The van der Waals surface area contributed by atoms with Gasteiger partial charge in [-0.2, -0.15) is 0 Å². The zero-order chi connectivity index (χ0) is 11.1. The van der Waals surface area contributed by atoms with E-state index in [1.54, 1.807) is 0 Å². The van der Waals surface area contributed by atoms with Crippen LogP contribution < -0.4 is 0 Å². The molecule has 0 aromatic rings.